The topological polar surface area (TPSA) is 90.8 Å². The number of benzene rings is 1. The standard InChI is InChI=1S/C18H18N2O5/c1-10(2)17-12(18(21)22)8-19-16(20-17)5-4-11-6-14-15(25-9-24-14)7-13(11)23-3/h4-8,10H,9H2,1-3H3,(H,21,22)/b5-4+. The minimum absolute atomic E-state index is 0.0265. The van der Waals surface area contributed by atoms with Crippen molar-refractivity contribution in [3.05, 3.63) is 41.0 Å². The van der Waals surface area contributed by atoms with Crippen molar-refractivity contribution >= 4 is 18.1 Å². The van der Waals surface area contributed by atoms with Gasteiger partial charge >= 0.3 is 5.97 Å². The van der Waals surface area contributed by atoms with Crippen molar-refractivity contribution in [2.75, 3.05) is 13.9 Å². The van der Waals surface area contributed by atoms with E-state index in [1.165, 1.54) is 6.20 Å². The summed E-state index contributed by atoms with van der Waals surface area (Å²) < 4.78 is 16.1. The van der Waals surface area contributed by atoms with Crippen LogP contribution in [0.15, 0.2) is 18.3 Å². The molecule has 3 rings (SSSR count). The molecule has 0 saturated carbocycles. The van der Waals surface area contributed by atoms with Gasteiger partial charge in [0.2, 0.25) is 6.79 Å². The van der Waals surface area contributed by atoms with Crippen molar-refractivity contribution in [1.82, 2.24) is 9.97 Å². The number of hydrogen-bond donors (Lipinski definition) is 1. The van der Waals surface area contributed by atoms with Crippen molar-refractivity contribution in [2.45, 2.75) is 19.8 Å². The van der Waals surface area contributed by atoms with E-state index in [0.717, 1.165) is 5.56 Å². The normalized spacial score (nSPS) is 12.8. The maximum Gasteiger partial charge on any atom is 0.339 e. The summed E-state index contributed by atoms with van der Waals surface area (Å²) in [7, 11) is 1.57. The lowest BCUT2D eigenvalue weighted by molar-refractivity contribution is 0.0694. The second kappa shape index (κ2) is 6.80. The molecule has 130 valence electrons. The lowest BCUT2D eigenvalue weighted by Crippen LogP contribution is -2.08. The molecule has 2 heterocycles. The Kier molecular flexibility index (Phi) is 4.56. The van der Waals surface area contributed by atoms with Gasteiger partial charge in [-0.15, -0.1) is 0 Å². The first-order chi connectivity index (χ1) is 12.0. The molecular weight excluding hydrogens is 324 g/mol. The van der Waals surface area contributed by atoms with Crippen LogP contribution in [0, 0.1) is 0 Å². The number of hydrogen-bond acceptors (Lipinski definition) is 6. The summed E-state index contributed by atoms with van der Waals surface area (Å²) in [6.45, 7) is 3.97. The molecule has 2 aromatic rings. The number of carboxylic acid groups (broad SMARTS) is 1. The Balaban J connectivity index is 1.95. The van der Waals surface area contributed by atoms with Crippen LogP contribution in [0.5, 0.6) is 17.2 Å². The van der Waals surface area contributed by atoms with Crippen LogP contribution < -0.4 is 14.2 Å². The van der Waals surface area contributed by atoms with Crippen molar-refractivity contribution in [3.63, 3.8) is 0 Å². The second-order valence-electron chi connectivity index (χ2n) is 5.77. The summed E-state index contributed by atoms with van der Waals surface area (Å²) in [6, 6.07) is 3.57. The first kappa shape index (κ1) is 16.8. The van der Waals surface area contributed by atoms with Gasteiger partial charge in [0.05, 0.1) is 18.4 Å². The summed E-state index contributed by atoms with van der Waals surface area (Å²) in [5.74, 6) is 1.28. The Morgan fingerprint density at radius 3 is 2.64 bits per heavy atom. The predicted octanol–water partition coefficient (Wildman–Crippen LogP) is 3.21. The molecule has 1 aliphatic rings. The Hall–Kier alpha value is -3.09. The summed E-state index contributed by atoms with van der Waals surface area (Å²) in [5.41, 5.74) is 1.40. The number of carboxylic acids is 1. The highest BCUT2D eigenvalue weighted by Gasteiger charge is 2.17. The molecule has 0 unspecified atom stereocenters. The predicted molar refractivity (Wildman–Crippen MR) is 91.1 cm³/mol. The molecule has 0 aliphatic carbocycles. The molecule has 0 radical (unpaired) electrons. The highest BCUT2D eigenvalue weighted by molar-refractivity contribution is 5.88. The zero-order valence-corrected chi connectivity index (χ0v) is 14.1. The second-order valence-corrected chi connectivity index (χ2v) is 5.77. The van der Waals surface area contributed by atoms with Crippen LogP contribution in [-0.4, -0.2) is 34.9 Å². The fraction of sp³-hybridized carbons (Fsp3) is 0.278. The molecule has 25 heavy (non-hydrogen) atoms. The number of ether oxygens (including phenoxy) is 3. The maximum absolute atomic E-state index is 11.3. The van der Waals surface area contributed by atoms with Gasteiger partial charge < -0.3 is 19.3 Å². The zero-order valence-electron chi connectivity index (χ0n) is 14.1. The lowest BCUT2D eigenvalue weighted by Gasteiger charge is -2.09. The highest BCUT2D eigenvalue weighted by atomic mass is 16.7. The minimum Gasteiger partial charge on any atom is -0.496 e. The number of rotatable bonds is 5. The van der Waals surface area contributed by atoms with Gasteiger partial charge in [0, 0.05) is 17.8 Å². The van der Waals surface area contributed by atoms with Crippen LogP contribution in [0.25, 0.3) is 12.2 Å². The van der Waals surface area contributed by atoms with Crippen LogP contribution >= 0.6 is 0 Å². The van der Waals surface area contributed by atoms with E-state index in [-0.39, 0.29) is 18.3 Å². The Bertz CT molecular complexity index is 846. The van der Waals surface area contributed by atoms with Gasteiger partial charge in [-0.2, -0.15) is 0 Å². The Labute approximate surface area is 144 Å². The Morgan fingerprint density at radius 2 is 2.00 bits per heavy atom. The summed E-state index contributed by atoms with van der Waals surface area (Å²) in [6.07, 6.45) is 4.83. The number of aromatic nitrogens is 2. The maximum atomic E-state index is 11.3. The summed E-state index contributed by atoms with van der Waals surface area (Å²) in [4.78, 5) is 19.7. The first-order valence-corrected chi connectivity index (χ1v) is 7.75. The summed E-state index contributed by atoms with van der Waals surface area (Å²) in [5, 5.41) is 9.23. The van der Waals surface area contributed by atoms with Gasteiger partial charge in [-0.25, -0.2) is 14.8 Å². The van der Waals surface area contributed by atoms with E-state index in [0.29, 0.717) is 28.8 Å². The molecule has 0 saturated heterocycles. The quantitative estimate of drug-likeness (QED) is 0.892. The van der Waals surface area contributed by atoms with E-state index in [1.54, 1.807) is 25.3 Å². The largest absolute Gasteiger partial charge is 0.496 e. The average Bonchev–Trinajstić information content (AvgIpc) is 3.05. The van der Waals surface area contributed by atoms with Gasteiger partial charge in [0.15, 0.2) is 17.3 Å². The van der Waals surface area contributed by atoms with E-state index < -0.39 is 5.97 Å². The fourth-order valence-electron chi connectivity index (χ4n) is 2.50. The van der Waals surface area contributed by atoms with E-state index >= 15 is 0 Å². The third-order valence-electron chi connectivity index (χ3n) is 3.75. The fourth-order valence-corrected chi connectivity index (χ4v) is 2.50. The molecule has 7 heteroatoms. The number of nitrogens with zero attached hydrogens (tertiary/aromatic N) is 2. The van der Waals surface area contributed by atoms with Gasteiger partial charge in [-0.1, -0.05) is 13.8 Å². The molecule has 1 aromatic heterocycles. The van der Waals surface area contributed by atoms with Gasteiger partial charge in [-0.3, -0.25) is 0 Å². The van der Waals surface area contributed by atoms with Crippen molar-refractivity contribution in [3.8, 4) is 17.2 Å². The monoisotopic (exact) mass is 342 g/mol. The van der Waals surface area contributed by atoms with Gasteiger partial charge in [0.25, 0.3) is 0 Å². The van der Waals surface area contributed by atoms with Crippen LogP contribution in [0.2, 0.25) is 0 Å². The number of methoxy groups -OCH3 is 1. The SMILES string of the molecule is COc1cc2c(cc1/C=C/c1ncc(C(=O)O)c(C(C)C)n1)OCO2. The van der Waals surface area contributed by atoms with Gasteiger partial charge in [-0.05, 0) is 24.1 Å². The molecule has 0 atom stereocenters. The molecule has 0 bridgehead atoms. The first-order valence-electron chi connectivity index (χ1n) is 7.75. The van der Waals surface area contributed by atoms with Crippen molar-refractivity contribution in [2.24, 2.45) is 0 Å². The van der Waals surface area contributed by atoms with E-state index in [1.807, 2.05) is 19.9 Å². The third-order valence-corrected chi connectivity index (χ3v) is 3.75. The highest BCUT2D eigenvalue weighted by Crippen LogP contribution is 2.38. The van der Waals surface area contributed by atoms with E-state index in [4.69, 9.17) is 14.2 Å². The van der Waals surface area contributed by atoms with Gasteiger partial charge in [0.1, 0.15) is 5.75 Å². The molecule has 1 aromatic carbocycles. The van der Waals surface area contributed by atoms with Crippen LogP contribution in [0.4, 0.5) is 0 Å². The van der Waals surface area contributed by atoms with Crippen molar-refractivity contribution in [1.29, 1.82) is 0 Å². The van der Waals surface area contributed by atoms with Crippen LogP contribution in [0.3, 0.4) is 0 Å². The Morgan fingerprint density at radius 1 is 1.28 bits per heavy atom. The number of fused-ring (bicyclic) bond motifs is 1. The molecule has 0 spiro atoms. The molecular formula is C18H18N2O5. The number of aromatic carboxylic acids is 1. The molecule has 1 aliphatic heterocycles. The minimum atomic E-state index is -1.03. The molecule has 7 nitrogen and oxygen atoms in total. The van der Waals surface area contributed by atoms with E-state index in [9.17, 15) is 9.90 Å². The lowest BCUT2D eigenvalue weighted by atomic mass is 10.1. The zero-order chi connectivity index (χ0) is 18.0. The molecule has 0 fully saturated rings. The number of carbonyl (C=O) groups is 1. The third kappa shape index (κ3) is 3.40. The average molecular weight is 342 g/mol. The molecule has 1 N–H and O–H groups in total. The summed E-state index contributed by atoms with van der Waals surface area (Å²) >= 11 is 0. The van der Waals surface area contributed by atoms with Crippen LogP contribution in [0.1, 0.15) is 47.2 Å². The smallest absolute Gasteiger partial charge is 0.339 e. The molecule has 0 amide bonds. The van der Waals surface area contributed by atoms with Crippen LogP contribution in [-0.2, 0) is 0 Å². The van der Waals surface area contributed by atoms with E-state index in [2.05, 4.69) is 9.97 Å². The van der Waals surface area contributed by atoms with Crippen molar-refractivity contribution < 1.29 is 24.1 Å².